The van der Waals surface area contributed by atoms with Gasteiger partial charge < -0.3 is 15.5 Å². The molecule has 1 saturated heterocycles. The minimum absolute atomic E-state index is 0.0431. The van der Waals surface area contributed by atoms with Gasteiger partial charge in [0.05, 0.1) is 28.9 Å². The normalized spacial score (nSPS) is 14.8. The Labute approximate surface area is 313 Å². The van der Waals surface area contributed by atoms with Gasteiger partial charge in [-0.25, -0.2) is 13.2 Å². The number of likely N-dealkylation sites (tertiary alicyclic amines) is 1. The molecule has 1 aliphatic rings. The molecule has 2 atom stereocenters. The summed E-state index contributed by atoms with van der Waals surface area (Å²) in [5, 5.41) is 26.7. The molecule has 12 heteroatoms. The molecule has 4 N–H and O–H groups in total. The van der Waals surface area contributed by atoms with Crippen LogP contribution in [0.25, 0.3) is 0 Å². The lowest BCUT2D eigenvalue weighted by Gasteiger charge is -2.37. The molecule has 4 aromatic rings. The van der Waals surface area contributed by atoms with E-state index in [1.54, 1.807) is 0 Å². The SMILES string of the molecule is CC(C)CN(C[C@@H](O)[C@H](Cc1ccccc1)N(Cc1ccccc1)Cc1ccccc1)S(=O)(=O)c1ccc(NC(=O)O)c(NC(=O)CN2CCCC2)c1. The number of hydrogen-bond acceptors (Lipinski definition) is 7. The first-order valence-electron chi connectivity index (χ1n) is 18.2. The van der Waals surface area contributed by atoms with Gasteiger partial charge in [0.2, 0.25) is 15.9 Å². The van der Waals surface area contributed by atoms with Gasteiger partial charge in [0.1, 0.15) is 0 Å². The molecule has 0 aliphatic carbocycles. The number of rotatable bonds is 18. The number of carbonyl (C=O) groups excluding carboxylic acids is 1. The fourth-order valence-electron chi connectivity index (χ4n) is 6.79. The summed E-state index contributed by atoms with van der Waals surface area (Å²) in [7, 11) is -4.25. The summed E-state index contributed by atoms with van der Waals surface area (Å²) in [5.74, 6) is -0.452. The van der Waals surface area contributed by atoms with Gasteiger partial charge in [0, 0.05) is 32.2 Å². The predicted molar refractivity (Wildman–Crippen MR) is 208 cm³/mol. The zero-order valence-corrected chi connectivity index (χ0v) is 31.3. The molecule has 4 aromatic carbocycles. The first-order chi connectivity index (χ1) is 25.5. The molecule has 2 amide bonds. The van der Waals surface area contributed by atoms with Crippen LogP contribution in [0.5, 0.6) is 0 Å². The average Bonchev–Trinajstić information content (AvgIpc) is 3.64. The minimum Gasteiger partial charge on any atom is -0.465 e. The number of benzene rings is 4. The van der Waals surface area contributed by atoms with Gasteiger partial charge in [-0.2, -0.15) is 4.31 Å². The maximum Gasteiger partial charge on any atom is 0.409 e. The fraction of sp³-hybridized carbons (Fsp3) is 0.366. The van der Waals surface area contributed by atoms with Crippen LogP contribution in [0.4, 0.5) is 16.2 Å². The average molecular weight is 742 g/mol. The summed E-state index contributed by atoms with van der Waals surface area (Å²) in [4.78, 5) is 28.7. The van der Waals surface area contributed by atoms with E-state index in [-0.39, 0.29) is 47.7 Å². The number of aliphatic hydroxyl groups is 1. The van der Waals surface area contributed by atoms with Crippen LogP contribution in [0.2, 0.25) is 0 Å². The highest BCUT2D eigenvalue weighted by molar-refractivity contribution is 7.89. The molecule has 0 unspecified atom stereocenters. The lowest BCUT2D eigenvalue weighted by Crippen LogP contribution is -2.50. The fourth-order valence-corrected chi connectivity index (χ4v) is 8.44. The van der Waals surface area contributed by atoms with E-state index in [2.05, 4.69) is 15.5 Å². The molecule has 0 saturated carbocycles. The van der Waals surface area contributed by atoms with E-state index >= 15 is 0 Å². The number of carbonyl (C=O) groups is 2. The Bertz CT molecular complexity index is 1830. The van der Waals surface area contributed by atoms with Gasteiger partial charge in [0.15, 0.2) is 0 Å². The predicted octanol–water partition coefficient (Wildman–Crippen LogP) is 6.13. The highest BCUT2D eigenvalue weighted by Gasteiger charge is 2.34. The number of amides is 2. The van der Waals surface area contributed by atoms with Crippen LogP contribution < -0.4 is 10.6 Å². The second kappa shape index (κ2) is 18.9. The van der Waals surface area contributed by atoms with E-state index in [4.69, 9.17) is 0 Å². The Morgan fingerprint density at radius 2 is 1.30 bits per heavy atom. The quantitative estimate of drug-likeness (QED) is 0.0955. The van der Waals surface area contributed by atoms with Gasteiger partial charge in [-0.1, -0.05) is 105 Å². The molecule has 282 valence electrons. The number of nitrogens with one attached hydrogen (secondary N) is 2. The maximum absolute atomic E-state index is 14.5. The molecule has 11 nitrogen and oxygen atoms in total. The Kier molecular flexibility index (Phi) is 14.2. The summed E-state index contributed by atoms with van der Waals surface area (Å²) in [6.07, 6.45) is 0.00335. The van der Waals surface area contributed by atoms with Crippen molar-refractivity contribution in [3.05, 3.63) is 126 Å². The van der Waals surface area contributed by atoms with Crippen molar-refractivity contribution < 1.29 is 28.2 Å². The van der Waals surface area contributed by atoms with Crippen LogP contribution in [-0.4, -0.2) is 89.6 Å². The summed E-state index contributed by atoms with van der Waals surface area (Å²) >= 11 is 0. The summed E-state index contributed by atoms with van der Waals surface area (Å²) in [6, 6.07) is 33.4. The molecule has 5 rings (SSSR count). The number of carboxylic acid groups (broad SMARTS) is 1. The third-order valence-electron chi connectivity index (χ3n) is 9.33. The molecular formula is C41H51N5O6S. The Hall–Kier alpha value is -4.59. The molecule has 1 fully saturated rings. The molecule has 0 radical (unpaired) electrons. The van der Waals surface area contributed by atoms with E-state index < -0.39 is 28.3 Å². The van der Waals surface area contributed by atoms with E-state index in [1.165, 1.54) is 22.5 Å². The van der Waals surface area contributed by atoms with Gasteiger partial charge in [-0.15, -0.1) is 0 Å². The van der Waals surface area contributed by atoms with Crippen molar-refractivity contribution in [2.75, 3.05) is 43.4 Å². The first kappa shape index (κ1) is 39.6. The Morgan fingerprint density at radius 3 is 1.83 bits per heavy atom. The second-order valence-electron chi connectivity index (χ2n) is 14.1. The van der Waals surface area contributed by atoms with Crippen molar-refractivity contribution in [2.45, 2.75) is 63.2 Å². The Morgan fingerprint density at radius 1 is 0.755 bits per heavy atom. The van der Waals surface area contributed by atoms with Crippen molar-refractivity contribution >= 4 is 33.4 Å². The van der Waals surface area contributed by atoms with Crippen LogP contribution in [0, 0.1) is 5.92 Å². The number of hydrogen-bond donors (Lipinski definition) is 4. The van der Waals surface area contributed by atoms with E-state index in [0.29, 0.717) is 19.5 Å². The molecule has 1 aliphatic heterocycles. The number of sulfonamides is 1. The highest BCUT2D eigenvalue weighted by Crippen LogP contribution is 2.29. The standard InChI is InChI=1S/C41H51N5O6S/c1-31(2)26-46(53(51,52)35-20-21-36(43-41(49)50)37(25-35)42-40(48)30-44-22-12-13-23-44)29-39(47)38(24-32-14-6-3-7-15-32)45(27-33-16-8-4-9-17-33)28-34-18-10-5-11-19-34/h3-11,14-21,25,31,38-39,43,47H,12-13,22-24,26-30H2,1-2H3,(H,42,48)(H,49,50)/t38-,39+/m0/s1. The third kappa shape index (κ3) is 11.7. The molecule has 0 bridgehead atoms. The van der Waals surface area contributed by atoms with Gasteiger partial charge in [-0.3, -0.25) is 19.9 Å². The van der Waals surface area contributed by atoms with Crippen molar-refractivity contribution in [2.24, 2.45) is 5.92 Å². The lowest BCUT2D eigenvalue weighted by atomic mass is 9.97. The second-order valence-corrected chi connectivity index (χ2v) is 16.0. The summed E-state index contributed by atoms with van der Waals surface area (Å²) in [6.45, 7) is 6.50. The van der Waals surface area contributed by atoms with Crippen LogP contribution in [0.3, 0.4) is 0 Å². The molecule has 0 aromatic heterocycles. The van der Waals surface area contributed by atoms with E-state index in [9.17, 15) is 28.2 Å². The number of anilines is 2. The topological polar surface area (TPSA) is 143 Å². The molecule has 1 heterocycles. The third-order valence-corrected chi connectivity index (χ3v) is 11.2. The van der Waals surface area contributed by atoms with E-state index in [0.717, 1.165) is 42.6 Å². The summed E-state index contributed by atoms with van der Waals surface area (Å²) < 4.78 is 30.4. The first-order valence-corrected chi connectivity index (χ1v) is 19.6. The van der Waals surface area contributed by atoms with Gasteiger partial charge in [-0.05, 0) is 73.2 Å². The minimum atomic E-state index is -4.25. The number of nitrogens with zero attached hydrogens (tertiary/aromatic N) is 3. The van der Waals surface area contributed by atoms with Crippen LogP contribution >= 0.6 is 0 Å². The van der Waals surface area contributed by atoms with Crippen LogP contribution in [0.15, 0.2) is 114 Å². The zero-order valence-electron chi connectivity index (χ0n) is 30.5. The zero-order chi connectivity index (χ0) is 37.8. The van der Waals surface area contributed by atoms with Crippen molar-refractivity contribution in [1.29, 1.82) is 0 Å². The van der Waals surface area contributed by atoms with Crippen molar-refractivity contribution in [3.8, 4) is 0 Å². The van der Waals surface area contributed by atoms with Gasteiger partial charge in [0.25, 0.3) is 0 Å². The smallest absolute Gasteiger partial charge is 0.409 e. The van der Waals surface area contributed by atoms with Gasteiger partial charge >= 0.3 is 6.09 Å². The molecule has 0 spiro atoms. The maximum atomic E-state index is 14.5. The molecule has 53 heavy (non-hydrogen) atoms. The van der Waals surface area contributed by atoms with Crippen LogP contribution in [-0.2, 0) is 34.3 Å². The monoisotopic (exact) mass is 741 g/mol. The summed E-state index contributed by atoms with van der Waals surface area (Å²) in [5.41, 5.74) is 3.24. The highest BCUT2D eigenvalue weighted by atomic mass is 32.2. The van der Waals surface area contributed by atoms with Crippen molar-refractivity contribution in [1.82, 2.24) is 14.1 Å². The molecular weight excluding hydrogens is 691 g/mol. The van der Waals surface area contributed by atoms with E-state index in [1.807, 2.05) is 110 Å². The van der Waals surface area contributed by atoms with Crippen molar-refractivity contribution in [3.63, 3.8) is 0 Å². The Balaban J connectivity index is 1.48. The number of aliphatic hydroxyl groups excluding tert-OH is 1. The largest absolute Gasteiger partial charge is 0.465 e. The lowest BCUT2D eigenvalue weighted by molar-refractivity contribution is -0.117. The van der Waals surface area contributed by atoms with Crippen LogP contribution in [0.1, 0.15) is 43.4 Å².